The molecule has 2 aromatic rings. The number of hydrogen-bond donors (Lipinski definition) is 2. The van der Waals surface area contributed by atoms with Gasteiger partial charge < -0.3 is 10.1 Å². The van der Waals surface area contributed by atoms with Gasteiger partial charge in [0.2, 0.25) is 0 Å². The van der Waals surface area contributed by atoms with E-state index in [4.69, 9.17) is 5.84 Å². The van der Waals surface area contributed by atoms with Crippen LogP contribution in [0.15, 0.2) is 24.4 Å². The Labute approximate surface area is 119 Å². The number of nitrogens with one attached hydrogen (secondary N) is 1. The van der Waals surface area contributed by atoms with Crippen LogP contribution in [-0.2, 0) is 6.18 Å². The van der Waals surface area contributed by atoms with E-state index in [1.54, 1.807) is 5.43 Å². The first kappa shape index (κ1) is 15.4. The molecule has 0 aromatic carbocycles. The second-order valence-electron chi connectivity index (χ2n) is 3.93. The zero-order valence-corrected chi connectivity index (χ0v) is 10.5. The molecule has 3 N–H and O–H groups in total. The number of carbonyl (C=O) groups is 1. The zero-order chi connectivity index (χ0) is 16.5. The number of nitro groups is 1. The summed E-state index contributed by atoms with van der Waals surface area (Å²) in [5.74, 6) is 3.29. The molecule has 0 aliphatic heterocycles. The number of amides is 1. The molecule has 0 unspecified atom stereocenters. The summed E-state index contributed by atoms with van der Waals surface area (Å²) < 4.78 is 39.3. The van der Waals surface area contributed by atoms with E-state index in [0.29, 0.717) is 10.7 Å². The normalized spacial score (nSPS) is 11.3. The van der Waals surface area contributed by atoms with E-state index in [2.05, 4.69) is 10.1 Å². The molecule has 2 heterocycles. The lowest BCUT2D eigenvalue weighted by atomic mass is 10.3. The third-order valence-corrected chi connectivity index (χ3v) is 2.53. The summed E-state index contributed by atoms with van der Waals surface area (Å²) in [6, 6.07) is 2.45. The van der Waals surface area contributed by atoms with Crippen LogP contribution in [0.4, 0.5) is 19.0 Å². The lowest BCUT2D eigenvalue weighted by Crippen LogP contribution is -2.30. The summed E-state index contributed by atoms with van der Waals surface area (Å²) in [7, 11) is 0. The highest BCUT2D eigenvalue weighted by Gasteiger charge is 2.37. The molecule has 22 heavy (non-hydrogen) atoms. The minimum atomic E-state index is -4.80. The molecule has 0 bridgehead atoms. The van der Waals surface area contributed by atoms with Crippen molar-refractivity contribution in [2.75, 3.05) is 0 Å². The van der Waals surface area contributed by atoms with Gasteiger partial charge in [-0.25, -0.2) is 10.5 Å². The van der Waals surface area contributed by atoms with Crippen molar-refractivity contribution in [3.8, 4) is 5.69 Å². The fourth-order valence-corrected chi connectivity index (χ4v) is 1.58. The van der Waals surface area contributed by atoms with E-state index >= 15 is 0 Å². The smallest absolute Gasteiger partial charge is 0.358 e. The lowest BCUT2D eigenvalue weighted by Gasteiger charge is -2.08. The Morgan fingerprint density at radius 1 is 1.41 bits per heavy atom. The number of nitrogens with two attached hydrogens (primary N) is 1. The van der Waals surface area contributed by atoms with Gasteiger partial charge in [-0.15, -0.1) is 0 Å². The van der Waals surface area contributed by atoms with Crippen molar-refractivity contribution in [2.45, 2.75) is 6.18 Å². The van der Waals surface area contributed by atoms with Gasteiger partial charge in [-0.2, -0.15) is 18.3 Å². The van der Waals surface area contributed by atoms with Gasteiger partial charge in [0.15, 0.2) is 11.9 Å². The van der Waals surface area contributed by atoms with Crippen LogP contribution in [0, 0.1) is 10.1 Å². The Morgan fingerprint density at radius 3 is 2.55 bits per heavy atom. The van der Waals surface area contributed by atoms with E-state index in [-0.39, 0.29) is 5.69 Å². The van der Waals surface area contributed by atoms with E-state index in [9.17, 15) is 28.1 Å². The highest BCUT2D eigenvalue weighted by Crippen LogP contribution is 2.31. The molecule has 0 spiro atoms. The van der Waals surface area contributed by atoms with Gasteiger partial charge in [-0.1, -0.05) is 0 Å². The molecule has 0 aliphatic carbocycles. The van der Waals surface area contributed by atoms with E-state index in [1.807, 2.05) is 0 Å². The number of alkyl halides is 3. The van der Waals surface area contributed by atoms with Crippen LogP contribution in [0.2, 0.25) is 0 Å². The van der Waals surface area contributed by atoms with Gasteiger partial charge in [0.1, 0.15) is 11.4 Å². The molecule has 1 amide bonds. The Bertz CT molecular complexity index is 724. The molecule has 0 radical (unpaired) electrons. The standard InChI is InChI=1S/C10H7F3N6O3/c11-10(12,13)7-3-6(9(20)16-14)17-18(7)5-1-2-8(15-4-5)19(21)22/h1-4H,14H2,(H,16,20). The molecule has 0 saturated heterocycles. The topological polar surface area (TPSA) is 129 Å². The fourth-order valence-electron chi connectivity index (χ4n) is 1.58. The van der Waals surface area contributed by atoms with Crippen LogP contribution in [0.5, 0.6) is 0 Å². The second-order valence-corrected chi connectivity index (χ2v) is 3.93. The average Bonchev–Trinajstić information content (AvgIpc) is 2.91. The van der Waals surface area contributed by atoms with Crippen molar-refractivity contribution >= 4 is 11.7 Å². The van der Waals surface area contributed by atoms with Crippen LogP contribution < -0.4 is 11.3 Å². The van der Waals surface area contributed by atoms with Gasteiger partial charge >= 0.3 is 12.0 Å². The molecule has 0 fully saturated rings. The first-order valence-electron chi connectivity index (χ1n) is 5.53. The van der Waals surface area contributed by atoms with Crippen molar-refractivity contribution in [3.63, 3.8) is 0 Å². The molecule has 0 saturated carbocycles. The number of pyridine rings is 1. The summed E-state index contributed by atoms with van der Waals surface area (Å²) in [4.78, 5) is 24.4. The molecule has 2 aromatic heterocycles. The maximum absolute atomic E-state index is 13.0. The van der Waals surface area contributed by atoms with Crippen LogP contribution in [-0.4, -0.2) is 25.6 Å². The minimum absolute atomic E-state index is 0.200. The van der Waals surface area contributed by atoms with Gasteiger partial charge in [-0.3, -0.25) is 10.2 Å². The SMILES string of the molecule is NNC(=O)c1cc(C(F)(F)F)n(-c2ccc([N+](=O)[O-])nc2)n1. The largest absolute Gasteiger partial charge is 0.433 e. The van der Waals surface area contributed by atoms with Crippen LogP contribution in [0.1, 0.15) is 16.2 Å². The molecule has 12 heteroatoms. The predicted octanol–water partition coefficient (Wildman–Crippen LogP) is 0.798. The molecule has 2 rings (SSSR count). The van der Waals surface area contributed by atoms with E-state index in [1.165, 1.54) is 0 Å². The van der Waals surface area contributed by atoms with Gasteiger partial charge in [0, 0.05) is 12.1 Å². The number of hydrazine groups is 1. The average molecular weight is 316 g/mol. The van der Waals surface area contributed by atoms with Crippen molar-refractivity contribution in [1.29, 1.82) is 0 Å². The first-order valence-corrected chi connectivity index (χ1v) is 5.53. The van der Waals surface area contributed by atoms with Crippen molar-refractivity contribution in [3.05, 3.63) is 45.9 Å². The highest BCUT2D eigenvalue weighted by molar-refractivity contribution is 5.92. The minimum Gasteiger partial charge on any atom is -0.358 e. The molecule has 0 atom stereocenters. The number of rotatable bonds is 3. The Morgan fingerprint density at radius 2 is 2.09 bits per heavy atom. The number of hydrogen-bond acceptors (Lipinski definition) is 6. The van der Waals surface area contributed by atoms with Crippen molar-refractivity contribution in [1.82, 2.24) is 20.2 Å². The fraction of sp³-hybridized carbons (Fsp3) is 0.100. The van der Waals surface area contributed by atoms with Crippen LogP contribution >= 0.6 is 0 Å². The Kier molecular flexibility index (Phi) is 3.77. The summed E-state index contributed by atoms with van der Waals surface area (Å²) in [6.45, 7) is 0. The number of halogens is 3. The Hall–Kier alpha value is -3.02. The summed E-state index contributed by atoms with van der Waals surface area (Å²) in [5.41, 5.74) is -0.349. The third-order valence-electron chi connectivity index (χ3n) is 2.53. The molecular weight excluding hydrogens is 309 g/mol. The second kappa shape index (κ2) is 5.40. The summed E-state index contributed by atoms with van der Waals surface area (Å²) >= 11 is 0. The first-order chi connectivity index (χ1) is 10.2. The maximum atomic E-state index is 13.0. The molecule has 0 aliphatic rings. The molecular formula is C10H7F3N6O3. The number of aromatic nitrogens is 3. The summed E-state index contributed by atoms with van der Waals surface area (Å²) in [5, 5.41) is 14.0. The number of nitrogen functional groups attached to an aromatic ring is 1. The third kappa shape index (κ3) is 2.85. The zero-order valence-electron chi connectivity index (χ0n) is 10.5. The van der Waals surface area contributed by atoms with Gasteiger partial charge in [-0.05, 0) is 16.0 Å². The molecule has 9 nitrogen and oxygen atoms in total. The number of carbonyl (C=O) groups excluding carboxylic acids is 1. The van der Waals surface area contributed by atoms with Gasteiger partial charge in [0.05, 0.1) is 0 Å². The van der Waals surface area contributed by atoms with E-state index < -0.39 is 34.2 Å². The molecule has 116 valence electrons. The van der Waals surface area contributed by atoms with Crippen molar-refractivity contribution in [2.24, 2.45) is 5.84 Å². The van der Waals surface area contributed by atoms with Crippen LogP contribution in [0.3, 0.4) is 0 Å². The highest BCUT2D eigenvalue weighted by atomic mass is 19.4. The predicted molar refractivity (Wildman–Crippen MR) is 64.7 cm³/mol. The van der Waals surface area contributed by atoms with Gasteiger partial charge in [0.25, 0.3) is 5.91 Å². The van der Waals surface area contributed by atoms with E-state index in [0.717, 1.165) is 18.3 Å². The number of nitrogens with zero attached hydrogens (tertiary/aromatic N) is 4. The lowest BCUT2D eigenvalue weighted by molar-refractivity contribution is -0.389. The van der Waals surface area contributed by atoms with Crippen LogP contribution in [0.25, 0.3) is 5.69 Å². The Balaban J connectivity index is 2.55. The maximum Gasteiger partial charge on any atom is 0.433 e. The van der Waals surface area contributed by atoms with Crippen molar-refractivity contribution < 1.29 is 22.9 Å². The summed E-state index contributed by atoms with van der Waals surface area (Å²) in [6.07, 6.45) is -3.97. The monoisotopic (exact) mass is 316 g/mol. The quantitative estimate of drug-likeness (QED) is 0.373.